The normalized spacial score (nSPS) is 14.4. The molecular weight excluding hydrogens is 256 g/mol. The first-order chi connectivity index (χ1) is 10.1. The van der Waals surface area contributed by atoms with Gasteiger partial charge in [0.05, 0.1) is 5.52 Å². The number of para-hydroxylation sites is 1. The fraction of sp³-hybridized carbons (Fsp3) is 0.526. The summed E-state index contributed by atoms with van der Waals surface area (Å²) in [5.41, 5.74) is 6.96. The number of hydrogen-bond donors (Lipinski definition) is 1. The molecule has 0 bridgehead atoms. The minimum atomic E-state index is 0.513. The number of aryl methyl sites for hydroxylation is 1. The number of rotatable bonds is 4. The third kappa shape index (κ3) is 2.69. The predicted molar refractivity (Wildman–Crippen MR) is 89.8 cm³/mol. The van der Waals surface area contributed by atoms with Crippen LogP contribution in [0.15, 0.2) is 18.2 Å². The number of pyridine rings is 1. The van der Waals surface area contributed by atoms with E-state index < -0.39 is 0 Å². The molecule has 0 unspecified atom stereocenters. The molecule has 1 aliphatic rings. The van der Waals surface area contributed by atoms with Gasteiger partial charge < -0.3 is 5.32 Å². The molecule has 0 atom stereocenters. The molecule has 21 heavy (non-hydrogen) atoms. The zero-order chi connectivity index (χ0) is 15.0. The van der Waals surface area contributed by atoms with Gasteiger partial charge in [0.25, 0.3) is 0 Å². The lowest BCUT2D eigenvalue weighted by Crippen LogP contribution is -2.23. The maximum absolute atomic E-state index is 5.04. The minimum absolute atomic E-state index is 0.513. The van der Waals surface area contributed by atoms with E-state index in [2.05, 4.69) is 51.2 Å². The van der Waals surface area contributed by atoms with Gasteiger partial charge in [0.2, 0.25) is 0 Å². The highest BCUT2D eigenvalue weighted by molar-refractivity contribution is 5.87. The Morgan fingerprint density at radius 3 is 2.67 bits per heavy atom. The maximum atomic E-state index is 5.04. The number of benzene rings is 1. The van der Waals surface area contributed by atoms with E-state index in [1.807, 2.05) is 0 Å². The fourth-order valence-electron chi connectivity index (χ4n) is 3.38. The van der Waals surface area contributed by atoms with Crippen LogP contribution < -0.4 is 5.32 Å². The number of nitrogens with zero attached hydrogens (tertiary/aromatic N) is 1. The average Bonchev–Trinajstić information content (AvgIpc) is 2.90. The van der Waals surface area contributed by atoms with Crippen molar-refractivity contribution in [2.75, 3.05) is 0 Å². The molecule has 1 aromatic heterocycles. The van der Waals surface area contributed by atoms with Crippen molar-refractivity contribution in [1.29, 1.82) is 0 Å². The Bertz CT molecular complexity index is 656. The van der Waals surface area contributed by atoms with E-state index in [1.54, 1.807) is 0 Å². The first-order valence-electron chi connectivity index (χ1n) is 8.24. The van der Waals surface area contributed by atoms with Crippen molar-refractivity contribution in [3.8, 4) is 0 Å². The number of hydrogen-bond acceptors (Lipinski definition) is 2. The molecule has 2 aromatic rings. The Labute approximate surface area is 128 Å². The topological polar surface area (TPSA) is 24.9 Å². The molecule has 112 valence electrons. The lowest BCUT2D eigenvalue weighted by atomic mass is 9.94. The summed E-state index contributed by atoms with van der Waals surface area (Å²) in [5.74, 6) is 0.520. The molecule has 0 amide bonds. The van der Waals surface area contributed by atoms with Crippen LogP contribution in [0.3, 0.4) is 0 Å². The quantitative estimate of drug-likeness (QED) is 0.902. The summed E-state index contributed by atoms with van der Waals surface area (Å²) >= 11 is 0. The van der Waals surface area contributed by atoms with Crippen LogP contribution in [0.1, 0.15) is 62.4 Å². The van der Waals surface area contributed by atoms with Gasteiger partial charge in [-0.2, -0.15) is 0 Å². The Balaban J connectivity index is 2.20. The Morgan fingerprint density at radius 2 is 1.95 bits per heavy atom. The zero-order valence-corrected chi connectivity index (χ0v) is 13.7. The standard InChI is InChI=1S/C19H26N2/c1-12(2)14-7-5-9-16-17(11-20-13(3)4)15-8-6-10-18(15)21-19(14)16/h5,7,9,12-13,20H,6,8,10-11H2,1-4H3. The number of aromatic nitrogens is 1. The van der Waals surface area contributed by atoms with E-state index in [1.165, 1.54) is 46.1 Å². The van der Waals surface area contributed by atoms with Gasteiger partial charge in [0, 0.05) is 23.7 Å². The van der Waals surface area contributed by atoms with E-state index in [4.69, 9.17) is 4.98 Å². The van der Waals surface area contributed by atoms with Crippen LogP contribution in [0, 0.1) is 0 Å². The Hall–Kier alpha value is -1.41. The highest BCUT2D eigenvalue weighted by atomic mass is 14.9. The Morgan fingerprint density at radius 1 is 1.14 bits per heavy atom. The van der Waals surface area contributed by atoms with Gasteiger partial charge in [-0.1, -0.05) is 45.9 Å². The highest BCUT2D eigenvalue weighted by Crippen LogP contribution is 2.33. The lowest BCUT2D eigenvalue weighted by Gasteiger charge is -2.17. The first-order valence-corrected chi connectivity index (χ1v) is 8.24. The summed E-state index contributed by atoms with van der Waals surface area (Å²) in [4.78, 5) is 5.04. The van der Waals surface area contributed by atoms with Gasteiger partial charge in [-0.15, -0.1) is 0 Å². The molecule has 3 rings (SSSR count). The molecule has 1 N–H and O–H groups in total. The molecule has 0 aliphatic heterocycles. The monoisotopic (exact) mass is 282 g/mol. The summed E-state index contributed by atoms with van der Waals surface area (Å²) in [6.07, 6.45) is 3.59. The molecule has 2 heteroatoms. The van der Waals surface area contributed by atoms with Crippen LogP contribution in [0.2, 0.25) is 0 Å². The Kier molecular flexibility index (Phi) is 3.99. The van der Waals surface area contributed by atoms with Crippen molar-refractivity contribution in [1.82, 2.24) is 10.3 Å². The molecular formula is C19H26N2. The van der Waals surface area contributed by atoms with E-state index >= 15 is 0 Å². The maximum Gasteiger partial charge on any atom is 0.0743 e. The zero-order valence-electron chi connectivity index (χ0n) is 13.7. The largest absolute Gasteiger partial charge is 0.310 e. The van der Waals surface area contributed by atoms with Crippen LogP contribution in [0.25, 0.3) is 10.9 Å². The minimum Gasteiger partial charge on any atom is -0.310 e. The van der Waals surface area contributed by atoms with Crippen LogP contribution in [0.4, 0.5) is 0 Å². The number of fused-ring (bicyclic) bond motifs is 2. The van der Waals surface area contributed by atoms with Gasteiger partial charge in [0.1, 0.15) is 0 Å². The van der Waals surface area contributed by atoms with E-state index in [0.717, 1.165) is 13.0 Å². The van der Waals surface area contributed by atoms with Gasteiger partial charge in [-0.05, 0) is 41.9 Å². The van der Waals surface area contributed by atoms with Crippen LogP contribution in [-0.2, 0) is 19.4 Å². The van der Waals surface area contributed by atoms with Crippen molar-refractivity contribution in [3.05, 3.63) is 40.6 Å². The summed E-state index contributed by atoms with van der Waals surface area (Å²) in [7, 11) is 0. The molecule has 2 nitrogen and oxygen atoms in total. The van der Waals surface area contributed by atoms with Crippen molar-refractivity contribution in [2.45, 2.75) is 65.5 Å². The highest BCUT2D eigenvalue weighted by Gasteiger charge is 2.21. The molecule has 1 aliphatic carbocycles. The second kappa shape index (κ2) is 5.76. The van der Waals surface area contributed by atoms with Crippen molar-refractivity contribution in [3.63, 3.8) is 0 Å². The smallest absolute Gasteiger partial charge is 0.0743 e. The summed E-state index contributed by atoms with van der Waals surface area (Å²) in [5, 5.41) is 4.96. The van der Waals surface area contributed by atoms with E-state index in [9.17, 15) is 0 Å². The van der Waals surface area contributed by atoms with Crippen molar-refractivity contribution < 1.29 is 0 Å². The van der Waals surface area contributed by atoms with Crippen molar-refractivity contribution >= 4 is 10.9 Å². The summed E-state index contributed by atoms with van der Waals surface area (Å²) < 4.78 is 0. The summed E-state index contributed by atoms with van der Waals surface area (Å²) in [6, 6.07) is 7.20. The second-order valence-electron chi connectivity index (χ2n) is 6.80. The second-order valence-corrected chi connectivity index (χ2v) is 6.80. The molecule has 1 heterocycles. The van der Waals surface area contributed by atoms with Crippen LogP contribution in [0.5, 0.6) is 0 Å². The van der Waals surface area contributed by atoms with Gasteiger partial charge in [-0.3, -0.25) is 4.98 Å². The third-order valence-corrected chi connectivity index (χ3v) is 4.50. The SMILES string of the molecule is CC(C)NCc1c2c(nc3c(C(C)C)cccc13)CCC2. The average molecular weight is 282 g/mol. The first kappa shape index (κ1) is 14.5. The molecule has 1 aromatic carbocycles. The molecule has 0 saturated carbocycles. The van der Waals surface area contributed by atoms with E-state index in [0.29, 0.717) is 12.0 Å². The molecule has 0 radical (unpaired) electrons. The fourth-order valence-corrected chi connectivity index (χ4v) is 3.38. The number of nitrogens with one attached hydrogen (secondary N) is 1. The van der Waals surface area contributed by atoms with Gasteiger partial charge in [-0.25, -0.2) is 0 Å². The van der Waals surface area contributed by atoms with Crippen LogP contribution >= 0.6 is 0 Å². The predicted octanol–water partition coefficient (Wildman–Crippen LogP) is 4.34. The van der Waals surface area contributed by atoms with Crippen molar-refractivity contribution in [2.24, 2.45) is 0 Å². The molecule has 0 saturated heterocycles. The van der Waals surface area contributed by atoms with Gasteiger partial charge >= 0.3 is 0 Å². The van der Waals surface area contributed by atoms with E-state index in [-0.39, 0.29) is 0 Å². The summed E-state index contributed by atoms with van der Waals surface area (Å²) in [6.45, 7) is 9.90. The third-order valence-electron chi connectivity index (χ3n) is 4.50. The van der Waals surface area contributed by atoms with Crippen LogP contribution in [-0.4, -0.2) is 11.0 Å². The lowest BCUT2D eigenvalue weighted by molar-refractivity contribution is 0.588. The van der Waals surface area contributed by atoms with Gasteiger partial charge in [0.15, 0.2) is 0 Å². The molecule has 0 fully saturated rings. The molecule has 0 spiro atoms.